The van der Waals surface area contributed by atoms with E-state index in [1.54, 1.807) is 6.26 Å². The van der Waals surface area contributed by atoms with Gasteiger partial charge in [-0.05, 0) is 34.6 Å². The first kappa shape index (κ1) is 15.0. The fourth-order valence-electron chi connectivity index (χ4n) is 1.20. The van der Waals surface area contributed by atoms with Gasteiger partial charge in [0, 0.05) is 12.1 Å². The lowest BCUT2D eigenvalue weighted by Gasteiger charge is -2.19. The molecular formula is C13H24N2O3. The first-order valence-corrected chi connectivity index (χ1v) is 6.30. The molecule has 0 aromatic carbocycles. The molecule has 0 saturated heterocycles. The normalized spacial score (nSPS) is 12.1. The van der Waals surface area contributed by atoms with Crippen LogP contribution in [0.25, 0.3) is 0 Å². The minimum absolute atomic E-state index is 0.0606. The van der Waals surface area contributed by atoms with E-state index in [4.69, 9.17) is 13.9 Å². The molecule has 5 heteroatoms. The van der Waals surface area contributed by atoms with E-state index in [2.05, 4.69) is 31.1 Å². The van der Waals surface area contributed by atoms with Crippen LogP contribution in [0.5, 0.6) is 6.08 Å². The molecule has 0 saturated carbocycles. The Balaban J connectivity index is 2.26. The van der Waals surface area contributed by atoms with Crippen LogP contribution in [0.1, 0.15) is 40.3 Å². The van der Waals surface area contributed by atoms with Gasteiger partial charge in [-0.3, -0.25) is 0 Å². The van der Waals surface area contributed by atoms with Crippen LogP contribution in [0.2, 0.25) is 0 Å². The molecule has 1 N–H and O–H groups in total. The average Bonchev–Trinajstić information content (AvgIpc) is 2.68. The van der Waals surface area contributed by atoms with E-state index in [9.17, 15) is 0 Å². The Morgan fingerprint density at radius 2 is 2.06 bits per heavy atom. The lowest BCUT2D eigenvalue weighted by atomic mass is 10.1. The van der Waals surface area contributed by atoms with Crippen LogP contribution in [0.15, 0.2) is 10.7 Å². The highest BCUT2D eigenvalue weighted by Gasteiger charge is 2.11. The van der Waals surface area contributed by atoms with Gasteiger partial charge in [-0.15, -0.1) is 0 Å². The molecule has 1 rings (SSSR count). The van der Waals surface area contributed by atoms with Crippen molar-refractivity contribution >= 4 is 0 Å². The highest BCUT2D eigenvalue weighted by Crippen LogP contribution is 2.11. The number of nitrogens with one attached hydrogen (secondary N) is 1. The SMILES string of the molecule is CC(C)OCCOc1nc(CNC(C)(C)C)co1. The zero-order valence-corrected chi connectivity index (χ0v) is 11.9. The van der Waals surface area contributed by atoms with E-state index < -0.39 is 0 Å². The van der Waals surface area contributed by atoms with Crippen molar-refractivity contribution in [2.45, 2.75) is 52.8 Å². The Hall–Kier alpha value is -1.07. The number of ether oxygens (including phenoxy) is 2. The molecule has 0 unspecified atom stereocenters. The molecule has 0 amide bonds. The third kappa shape index (κ3) is 6.61. The molecule has 0 spiro atoms. The lowest BCUT2D eigenvalue weighted by Crippen LogP contribution is -2.35. The van der Waals surface area contributed by atoms with Gasteiger partial charge in [0.25, 0.3) is 0 Å². The largest absolute Gasteiger partial charge is 0.448 e. The van der Waals surface area contributed by atoms with Crippen molar-refractivity contribution in [3.63, 3.8) is 0 Å². The van der Waals surface area contributed by atoms with Crippen LogP contribution in [0.3, 0.4) is 0 Å². The molecule has 1 aromatic rings. The summed E-state index contributed by atoms with van der Waals surface area (Å²) in [5.74, 6) is 0. The van der Waals surface area contributed by atoms with Crippen molar-refractivity contribution in [1.29, 1.82) is 0 Å². The fourth-order valence-corrected chi connectivity index (χ4v) is 1.20. The summed E-state index contributed by atoms with van der Waals surface area (Å²) in [5, 5.41) is 3.33. The monoisotopic (exact) mass is 256 g/mol. The Morgan fingerprint density at radius 1 is 1.33 bits per heavy atom. The predicted molar refractivity (Wildman–Crippen MR) is 69.7 cm³/mol. The van der Waals surface area contributed by atoms with E-state index in [1.165, 1.54) is 0 Å². The maximum absolute atomic E-state index is 5.36. The fraction of sp³-hybridized carbons (Fsp3) is 0.769. The van der Waals surface area contributed by atoms with E-state index in [1.807, 2.05) is 13.8 Å². The maximum atomic E-state index is 5.36. The first-order chi connectivity index (χ1) is 8.37. The minimum atomic E-state index is 0.0606. The molecule has 0 radical (unpaired) electrons. The van der Waals surface area contributed by atoms with Crippen LogP contribution in [0, 0.1) is 0 Å². The van der Waals surface area contributed by atoms with E-state index >= 15 is 0 Å². The topological polar surface area (TPSA) is 56.5 Å². The van der Waals surface area contributed by atoms with Crippen LogP contribution in [0.4, 0.5) is 0 Å². The molecule has 104 valence electrons. The second-order valence-corrected chi connectivity index (χ2v) is 5.48. The van der Waals surface area contributed by atoms with Crippen LogP contribution in [-0.2, 0) is 11.3 Å². The highest BCUT2D eigenvalue weighted by molar-refractivity contribution is 5.00. The molecular weight excluding hydrogens is 232 g/mol. The van der Waals surface area contributed by atoms with Gasteiger partial charge in [-0.1, -0.05) is 0 Å². The molecule has 0 aliphatic carbocycles. The Labute approximate surface area is 109 Å². The number of oxazole rings is 1. The molecule has 1 heterocycles. The Morgan fingerprint density at radius 3 is 2.67 bits per heavy atom. The third-order valence-electron chi connectivity index (χ3n) is 2.09. The maximum Gasteiger partial charge on any atom is 0.393 e. The molecule has 0 aliphatic rings. The average molecular weight is 256 g/mol. The number of hydrogen-bond donors (Lipinski definition) is 1. The molecule has 5 nitrogen and oxygen atoms in total. The quantitative estimate of drug-likeness (QED) is 0.759. The molecule has 0 aliphatic heterocycles. The summed E-state index contributed by atoms with van der Waals surface area (Å²) in [5.41, 5.74) is 0.898. The summed E-state index contributed by atoms with van der Waals surface area (Å²) >= 11 is 0. The molecule has 0 atom stereocenters. The van der Waals surface area contributed by atoms with Gasteiger partial charge in [-0.25, -0.2) is 0 Å². The highest BCUT2D eigenvalue weighted by atomic mass is 16.6. The van der Waals surface area contributed by atoms with E-state index in [-0.39, 0.29) is 11.6 Å². The van der Waals surface area contributed by atoms with Crippen molar-refractivity contribution in [2.75, 3.05) is 13.2 Å². The predicted octanol–water partition coefficient (Wildman–Crippen LogP) is 2.37. The van der Waals surface area contributed by atoms with Gasteiger partial charge in [-0.2, -0.15) is 4.98 Å². The number of nitrogens with zero attached hydrogens (tertiary/aromatic N) is 1. The van der Waals surface area contributed by atoms with Crippen LogP contribution in [-0.4, -0.2) is 29.8 Å². The summed E-state index contributed by atoms with van der Waals surface area (Å²) < 4.78 is 15.9. The number of hydrogen-bond acceptors (Lipinski definition) is 5. The van der Waals surface area contributed by atoms with Crippen LogP contribution < -0.4 is 10.1 Å². The van der Waals surface area contributed by atoms with Crippen molar-refractivity contribution in [2.24, 2.45) is 0 Å². The van der Waals surface area contributed by atoms with E-state index in [0.717, 1.165) is 5.69 Å². The summed E-state index contributed by atoms with van der Waals surface area (Å²) in [7, 11) is 0. The summed E-state index contributed by atoms with van der Waals surface area (Å²) in [6, 6.07) is 0. The molecule has 18 heavy (non-hydrogen) atoms. The number of rotatable bonds is 7. The van der Waals surface area contributed by atoms with Gasteiger partial charge in [0.1, 0.15) is 12.9 Å². The van der Waals surface area contributed by atoms with Gasteiger partial charge in [0.15, 0.2) is 0 Å². The van der Waals surface area contributed by atoms with Crippen LogP contribution >= 0.6 is 0 Å². The smallest absolute Gasteiger partial charge is 0.393 e. The zero-order chi connectivity index (χ0) is 13.6. The molecule has 0 bridgehead atoms. The standard InChI is InChI=1S/C13H24N2O3/c1-10(2)16-6-7-17-12-15-11(9-18-12)8-14-13(3,4)5/h9-10,14H,6-8H2,1-5H3. The first-order valence-electron chi connectivity index (χ1n) is 6.30. The third-order valence-corrected chi connectivity index (χ3v) is 2.09. The summed E-state index contributed by atoms with van der Waals surface area (Å²) in [6.45, 7) is 11.9. The van der Waals surface area contributed by atoms with Gasteiger partial charge >= 0.3 is 6.08 Å². The second kappa shape index (κ2) is 6.75. The summed E-state index contributed by atoms with van der Waals surface area (Å²) in [4.78, 5) is 4.22. The van der Waals surface area contributed by atoms with Crippen molar-refractivity contribution < 1.29 is 13.9 Å². The van der Waals surface area contributed by atoms with E-state index in [0.29, 0.717) is 25.8 Å². The lowest BCUT2D eigenvalue weighted by molar-refractivity contribution is 0.0480. The zero-order valence-electron chi connectivity index (χ0n) is 11.9. The minimum Gasteiger partial charge on any atom is -0.448 e. The van der Waals surface area contributed by atoms with Crippen molar-refractivity contribution in [1.82, 2.24) is 10.3 Å². The second-order valence-electron chi connectivity index (χ2n) is 5.48. The van der Waals surface area contributed by atoms with Gasteiger partial charge in [0.05, 0.1) is 18.4 Å². The molecule has 1 aromatic heterocycles. The van der Waals surface area contributed by atoms with Crippen molar-refractivity contribution in [3.8, 4) is 6.08 Å². The van der Waals surface area contributed by atoms with Gasteiger partial charge < -0.3 is 19.2 Å². The van der Waals surface area contributed by atoms with Crippen molar-refractivity contribution in [3.05, 3.63) is 12.0 Å². The molecule has 0 fully saturated rings. The number of aromatic nitrogens is 1. The van der Waals surface area contributed by atoms with Gasteiger partial charge in [0.2, 0.25) is 0 Å². The Kier molecular flexibility index (Phi) is 5.62. The summed E-state index contributed by atoms with van der Waals surface area (Å²) in [6.07, 6.45) is 2.12. The Bertz CT molecular complexity index is 342.